The average molecular weight is 323 g/mol. The summed E-state index contributed by atoms with van der Waals surface area (Å²) in [6.45, 7) is 0.297. The molecule has 0 spiro atoms. The van der Waals surface area contributed by atoms with E-state index in [0.29, 0.717) is 24.3 Å². The van der Waals surface area contributed by atoms with Crippen LogP contribution in [0.1, 0.15) is 38.5 Å². The zero-order valence-corrected chi connectivity index (χ0v) is 12.3. The van der Waals surface area contributed by atoms with E-state index in [0.717, 1.165) is 19.3 Å². The van der Waals surface area contributed by atoms with Crippen LogP contribution in [0.25, 0.3) is 0 Å². The van der Waals surface area contributed by atoms with Gasteiger partial charge in [0.15, 0.2) is 0 Å². The van der Waals surface area contributed by atoms with E-state index in [1.54, 1.807) is 0 Å². The molecular weight excluding hydrogens is 304 g/mol. The lowest BCUT2D eigenvalue weighted by molar-refractivity contribution is -0.433. The molecule has 0 heterocycles. The minimum absolute atomic E-state index is 0.000504. The van der Waals surface area contributed by atoms with E-state index in [1.165, 1.54) is 19.3 Å². The Morgan fingerprint density at radius 1 is 1.24 bits per heavy atom. The van der Waals surface area contributed by atoms with Crippen molar-refractivity contribution < 1.29 is 28.2 Å². The highest BCUT2D eigenvalue weighted by molar-refractivity contribution is 7.96. The number of rotatable bonds is 6. The molecule has 21 heavy (non-hydrogen) atoms. The molecule has 4 saturated carbocycles. The van der Waals surface area contributed by atoms with E-state index in [9.17, 15) is 13.6 Å². The highest BCUT2D eigenvalue weighted by atomic mass is 32.2. The summed E-state index contributed by atoms with van der Waals surface area (Å²) in [6.07, 6.45) is 6.90. The van der Waals surface area contributed by atoms with Crippen molar-refractivity contribution in [3.05, 3.63) is 0 Å². The van der Waals surface area contributed by atoms with Gasteiger partial charge in [0, 0.05) is 6.54 Å². The first-order chi connectivity index (χ1) is 9.92. The third kappa shape index (κ3) is 3.18. The summed E-state index contributed by atoms with van der Waals surface area (Å²) in [7, 11) is 0. The van der Waals surface area contributed by atoms with Gasteiger partial charge in [0.1, 0.15) is 12.0 Å². The molecule has 0 aromatic carbocycles. The van der Waals surface area contributed by atoms with Crippen LogP contribution in [-0.2, 0) is 14.2 Å². The van der Waals surface area contributed by atoms with Crippen molar-refractivity contribution in [1.29, 1.82) is 0 Å². The lowest BCUT2D eigenvalue weighted by Gasteiger charge is -2.56. The second-order valence-electron chi connectivity index (χ2n) is 6.84. The lowest BCUT2D eigenvalue weighted by atomic mass is 9.49. The normalized spacial score (nSPS) is 37.8. The maximum Gasteiger partial charge on any atom is 0.397 e. The summed E-state index contributed by atoms with van der Waals surface area (Å²) >= 11 is -0.514. The minimum atomic E-state index is -3.79. The number of hydrogen-bond acceptors (Lipinski definition) is 5. The maximum absolute atomic E-state index is 13.4. The molecule has 0 radical (unpaired) electrons. The quantitative estimate of drug-likeness (QED) is 0.447. The number of halogens is 2. The molecule has 0 saturated heterocycles. The molecule has 2 N–H and O–H groups in total. The van der Waals surface area contributed by atoms with Gasteiger partial charge in [-0.3, -0.25) is 4.79 Å². The number of carbonyl (C=O) groups excluding carboxylic acids is 1. The summed E-state index contributed by atoms with van der Waals surface area (Å²) < 4.78 is 30.5. The molecular formula is C13H19F2NO4S. The second kappa shape index (κ2) is 5.64. The van der Waals surface area contributed by atoms with E-state index >= 15 is 0 Å². The molecule has 5 nitrogen and oxygen atoms in total. The minimum Gasteiger partial charge on any atom is -0.349 e. The zero-order chi connectivity index (χ0) is 15.1. The zero-order valence-electron chi connectivity index (χ0n) is 11.5. The van der Waals surface area contributed by atoms with Crippen molar-refractivity contribution in [1.82, 2.24) is 5.32 Å². The summed E-state index contributed by atoms with van der Waals surface area (Å²) in [5.41, 5.74) is -0.000504. The summed E-state index contributed by atoms with van der Waals surface area (Å²) in [4.78, 5) is 11.6. The molecule has 4 bridgehead atoms. The van der Waals surface area contributed by atoms with Gasteiger partial charge in [-0.15, -0.1) is 4.33 Å². The van der Waals surface area contributed by atoms with Gasteiger partial charge < -0.3 is 5.32 Å². The van der Waals surface area contributed by atoms with E-state index in [-0.39, 0.29) is 5.41 Å². The van der Waals surface area contributed by atoms with Crippen LogP contribution in [-0.4, -0.2) is 23.0 Å². The SMILES string of the molecule is O=C(NCC12CC3CC(CC(C3)C1)C2)C(F)(F)SOOO. The van der Waals surface area contributed by atoms with E-state index in [1.807, 2.05) is 0 Å². The Bertz CT molecular complexity index is 386. The Hall–Kier alpha value is -0.440. The Balaban J connectivity index is 1.56. The molecule has 4 aliphatic carbocycles. The number of carbonyl (C=O) groups is 1. The molecule has 4 fully saturated rings. The van der Waals surface area contributed by atoms with Crippen molar-refractivity contribution in [2.24, 2.45) is 23.2 Å². The van der Waals surface area contributed by atoms with Crippen molar-refractivity contribution in [3.8, 4) is 0 Å². The Kier molecular flexibility index (Phi) is 4.15. The first kappa shape index (κ1) is 15.5. The van der Waals surface area contributed by atoms with Gasteiger partial charge in [-0.2, -0.15) is 8.78 Å². The third-order valence-electron chi connectivity index (χ3n) is 5.22. The van der Waals surface area contributed by atoms with Crippen LogP contribution < -0.4 is 5.32 Å². The van der Waals surface area contributed by atoms with Crippen molar-refractivity contribution in [2.45, 2.75) is 43.8 Å². The summed E-state index contributed by atoms with van der Waals surface area (Å²) in [5.74, 6) is 0.706. The fraction of sp³-hybridized carbons (Fsp3) is 0.923. The van der Waals surface area contributed by atoms with Gasteiger partial charge in [0.2, 0.25) is 0 Å². The molecule has 1 amide bonds. The van der Waals surface area contributed by atoms with Gasteiger partial charge in [0.25, 0.3) is 0 Å². The van der Waals surface area contributed by atoms with Crippen molar-refractivity contribution in [2.75, 3.05) is 6.54 Å². The molecule has 0 aromatic heterocycles. The standard InChI is InChI=1S/C13H19F2NO4S/c14-13(15,21-20-19-18)11(17)16-7-12-4-8-1-9(5-12)3-10(2-8)6-12/h8-10,18H,1-7H2,(H,16,17). The van der Waals surface area contributed by atoms with Crippen LogP contribution in [0.2, 0.25) is 0 Å². The number of hydrogen-bond donors (Lipinski definition) is 2. The predicted molar refractivity (Wildman–Crippen MR) is 71.0 cm³/mol. The van der Waals surface area contributed by atoms with Gasteiger partial charge in [-0.1, -0.05) is 5.04 Å². The largest absolute Gasteiger partial charge is 0.397 e. The molecule has 0 unspecified atom stereocenters. The molecule has 0 aromatic rings. The van der Waals surface area contributed by atoms with E-state index < -0.39 is 23.2 Å². The Morgan fingerprint density at radius 3 is 2.24 bits per heavy atom. The number of nitrogens with one attached hydrogen (secondary N) is 1. The fourth-order valence-electron chi connectivity index (χ4n) is 4.97. The first-order valence-electron chi connectivity index (χ1n) is 7.24. The lowest BCUT2D eigenvalue weighted by Crippen LogP contribution is -2.52. The monoisotopic (exact) mass is 323 g/mol. The third-order valence-corrected chi connectivity index (χ3v) is 5.75. The summed E-state index contributed by atoms with van der Waals surface area (Å²) in [5, 5.41) is 9.57. The van der Waals surface area contributed by atoms with Crippen LogP contribution in [0.5, 0.6) is 0 Å². The van der Waals surface area contributed by atoms with Crippen LogP contribution in [0.3, 0.4) is 0 Å². The molecule has 0 atom stereocenters. The number of alkyl halides is 2. The summed E-state index contributed by atoms with van der Waals surface area (Å²) in [6, 6.07) is 0. The van der Waals surface area contributed by atoms with Crippen molar-refractivity contribution in [3.63, 3.8) is 0 Å². The maximum atomic E-state index is 13.4. The number of amides is 1. The van der Waals surface area contributed by atoms with Gasteiger partial charge in [-0.05, 0) is 61.7 Å². The van der Waals surface area contributed by atoms with Crippen molar-refractivity contribution >= 4 is 17.9 Å². The van der Waals surface area contributed by atoms with E-state index in [4.69, 9.17) is 5.26 Å². The molecule has 0 aliphatic heterocycles. The molecule has 8 heteroatoms. The van der Waals surface area contributed by atoms with E-state index in [2.05, 4.69) is 14.7 Å². The molecule has 4 aliphatic rings. The van der Waals surface area contributed by atoms with Crippen LogP contribution >= 0.6 is 12.0 Å². The highest BCUT2D eigenvalue weighted by Crippen LogP contribution is 2.59. The first-order valence-corrected chi connectivity index (χ1v) is 7.99. The molecule has 120 valence electrons. The fourth-order valence-corrected chi connectivity index (χ4v) is 5.24. The van der Waals surface area contributed by atoms with Gasteiger partial charge in [0.05, 0.1) is 0 Å². The van der Waals surface area contributed by atoms with Crippen LogP contribution in [0.15, 0.2) is 0 Å². The Morgan fingerprint density at radius 2 is 1.76 bits per heavy atom. The average Bonchev–Trinajstić information content (AvgIpc) is 2.41. The predicted octanol–water partition coefficient (Wildman–Crippen LogP) is 2.98. The highest BCUT2D eigenvalue weighted by Gasteiger charge is 2.51. The Labute approximate surface area is 125 Å². The van der Waals surface area contributed by atoms with Gasteiger partial charge >= 0.3 is 11.2 Å². The topological polar surface area (TPSA) is 67.8 Å². The smallest absolute Gasteiger partial charge is 0.349 e. The van der Waals surface area contributed by atoms with Gasteiger partial charge in [-0.25, -0.2) is 5.26 Å². The van der Waals surface area contributed by atoms with Crippen LogP contribution in [0.4, 0.5) is 8.78 Å². The molecule has 4 rings (SSSR count). The van der Waals surface area contributed by atoms with Crippen LogP contribution in [0, 0.1) is 23.2 Å². The second-order valence-corrected chi connectivity index (χ2v) is 7.66.